The lowest BCUT2D eigenvalue weighted by atomic mass is 9.68. The molecule has 0 N–H and O–H groups in total. The van der Waals surface area contributed by atoms with E-state index in [1.54, 1.807) is 12.1 Å². The van der Waals surface area contributed by atoms with Gasteiger partial charge in [0, 0.05) is 0 Å². The van der Waals surface area contributed by atoms with Crippen molar-refractivity contribution >= 4 is 0 Å². The van der Waals surface area contributed by atoms with Crippen LogP contribution in [0.3, 0.4) is 0 Å². The van der Waals surface area contributed by atoms with Crippen molar-refractivity contribution in [3.63, 3.8) is 0 Å². The molecule has 26 heavy (non-hydrogen) atoms. The fourth-order valence-corrected chi connectivity index (χ4v) is 4.94. The Hall–Kier alpha value is -1.45. The Balaban J connectivity index is 1.50. The molecule has 0 unspecified atom stereocenters. The summed E-state index contributed by atoms with van der Waals surface area (Å²) in [7, 11) is 0. The molecule has 0 radical (unpaired) electrons. The Morgan fingerprint density at radius 1 is 0.846 bits per heavy atom. The van der Waals surface area contributed by atoms with Crippen LogP contribution in [0.25, 0.3) is 0 Å². The quantitative estimate of drug-likeness (QED) is 0.488. The van der Waals surface area contributed by atoms with Gasteiger partial charge in [-0.2, -0.15) is 13.2 Å². The van der Waals surface area contributed by atoms with Crippen molar-refractivity contribution in [1.29, 1.82) is 0 Å². The molecule has 2 aliphatic rings. The van der Waals surface area contributed by atoms with E-state index < -0.39 is 12.1 Å². The van der Waals surface area contributed by atoms with Gasteiger partial charge in [0.15, 0.2) is 0 Å². The van der Waals surface area contributed by atoms with Crippen molar-refractivity contribution in [2.24, 2.45) is 17.8 Å². The topological polar surface area (TPSA) is 9.23 Å². The lowest BCUT2D eigenvalue weighted by Gasteiger charge is -2.38. The van der Waals surface area contributed by atoms with E-state index in [1.165, 1.54) is 63.4 Å². The summed E-state index contributed by atoms with van der Waals surface area (Å²) in [6, 6.07) is 5.11. The third-order valence-corrected chi connectivity index (χ3v) is 6.61. The first-order valence-corrected chi connectivity index (χ1v) is 10.0. The van der Waals surface area contributed by atoms with Crippen LogP contribution < -0.4 is 4.74 Å². The maximum absolute atomic E-state index is 12.8. The molecular weight excluding hydrogens is 337 g/mol. The lowest BCUT2D eigenvalue weighted by molar-refractivity contribution is 0.158. The Labute approximate surface area is 154 Å². The fourth-order valence-electron chi connectivity index (χ4n) is 4.94. The second kappa shape index (κ2) is 8.96. The molecule has 4 heteroatoms. The van der Waals surface area contributed by atoms with Gasteiger partial charge in [0.1, 0.15) is 5.75 Å². The van der Waals surface area contributed by atoms with Gasteiger partial charge < -0.3 is 4.74 Å². The van der Waals surface area contributed by atoms with E-state index in [0.717, 1.165) is 17.8 Å². The van der Waals surface area contributed by atoms with E-state index in [4.69, 9.17) is 0 Å². The minimum atomic E-state index is -2.43. The smallest absolute Gasteiger partial charge is 0.344 e. The Bertz CT molecular complexity index is 590. The SMILES string of the molecule is CCC1CCC(C2CCC(c3ccc(OC(F)=C(F)F)cc3)CC2)CC1. The number of rotatable bonds is 5. The molecule has 0 amide bonds. The standard InChI is InChI=1S/C22H29F3O/c1-2-15-3-5-16(6-4-15)17-7-9-18(10-8-17)19-11-13-20(14-12-19)26-22(25)21(23)24/h11-18H,2-10H2,1H3. The van der Waals surface area contributed by atoms with Gasteiger partial charge >= 0.3 is 12.1 Å². The first-order chi connectivity index (χ1) is 12.6. The molecule has 0 bridgehead atoms. The van der Waals surface area contributed by atoms with Gasteiger partial charge in [-0.05, 0) is 79.9 Å². The molecule has 0 atom stereocenters. The molecule has 0 aromatic heterocycles. The van der Waals surface area contributed by atoms with Gasteiger partial charge in [0.25, 0.3) is 0 Å². The van der Waals surface area contributed by atoms with Crippen LogP contribution in [0.15, 0.2) is 36.4 Å². The van der Waals surface area contributed by atoms with Gasteiger partial charge in [-0.1, -0.05) is 38.3 Å². The Kier molecular flexibility index (Phi) is 6.66. The van der Waals surface area contributed by atoms with E-state index in [1.807, 2.05) is 12.1 Å². The number of hydrogen-bond donors (Lipinski definition) is 0. The summed E-state index contributed by atoms with van der Waals surface area (Å²) in [4.78, 5) is 0. The molecule has 0 saturated heterocycles. The van der Waals surface area contributed by atoms with Crippen LogP contribution in [-0.2, 0) is 0 Å². The van der Waals surface area contributed by atoms with E-state index in [-0.39, 0.29) is 5.75 Å². The summed E-state index contributed by atoms with van der Waals surface area (Å²) in [5, 5.41) is 0. The zero-order valence-corrected chi connectivity index (χ0v) is 15.5. The summed E-state index contributed by atoms with van der Waals surface area (Å²) in [6.07, 6.45) is 9.48. The third-order valence-electron chi connectivity index (χ3n) is 6.61. The average Bonchev–Trinajstić information content (AvgIpc) is 2.69. The maximum atomic E-state index is 12.8. The van der Waals surface area contributed by atoms with Crippen molar-refractivity contribution in [2.75, 3.05) is 0 Å². The molecule has 3 rings (SSSR count). The molecule has 0 heterocycles. The fraction of sp³-hybridized carbons (Fsp3) is 0.636. The highest BCUT2D eigenvalue weighted by Gasteiger charge is 2.30. The number of hydrogen-bond acceptors (Lipinski definition) is 1. The summed E-state index contributed by atoms with van der Waals surface area (Å²) >= 11 is 0. The molecule has 1 nitrogen and oxygen atoms in total. The van der Waals surface area contributed by atoms with E-state index in [0.29, 0.717) is 5.92 Å². The monoisotopic (exact) mass is 366 g/mol. The van der Waals surface area contributed by atoms with Crippen LogP contribution in [0.5, 0.6) is 5.75 Å². The van der Waals surface area contributed by atoms with Gasteiger partial charge in [0.05, 0.1) is 0 Å². The molecule has 2 fully saturated rings. The Morgan fingerprint density at radius 3 is 1.88 bits per heavy atom. The van der Waals surface area contributed by atoms with E-state index >= 15 is 0 Å². The molecule has 144 valence electrons. The molecular formula is C22H29F3O. The zero-order chi connectivity index (χ0) is 18.5. The highest BCUT2D eigenvalue weighted by atomic mass is 19.3. The van der Waals surface area contributed by atoms with Crippen LogP contribution in [-0.4, -0.2) is 0 Å². The predicted molar refractivity (Wildman–Crippen MR) is 97.9 cm³/mol. The van der Waals surface area contributed by atoms with Gasteiger partial charge in [-0.25, -0.2) is 0 Å². The maximum Gasteiger partial charge on any atom is 0.344 e. The van der Waals surface area contributed by atoms with E-state index in [9.17, 15) is 13.2 Å². The molecule has 0 spiro atoms. The second-order valence-electron chi connectivity index (χ2n) is 8.01. The zero-order valence-electron chi connectivity index (χ0n) is 15.5. The highest BCUT2D eigenvalue weighted by molar-refractivity contribution is 5.30. The number of benzene rings is 1. The van der Waals surface area contributed by atoms with Crippen LogP contribution >= 0.6 is 0 Å². The average molecular weight is 366 g/mol. The summed E-state index contributed by atoms with van der Waals surface area (Å²) < 4.78 is 41.5. The van der Waals surface area contributed by atoms with Crippen molar-refractivity contribution in [3.05, 3.63) is 41.9 Å². The molecule has 0 aliphatic heterocycles. The normalized spacial score (nSPS) is 29.2. The van der Waals surface area contributed by atoms with Crippen LogP contribution in [0, 0.1) is 17.8 Å². The van der Waals surface area contributed by atoms with Gasteiger partial charge in [-0.15, -0.1) is 0 Å². The van der Waals surface area contributed by atoms with Crippen LogP contribution in [0.2, 0.25) is 0 Å². The first-order valence-electron chi connectivity index (χ1n) is 10.0. The molecule has 2 aliphatic carbocycles. The third kappa shape index (κ3) is 4.83. The highest BCUT2D eigenvalue weighted by Crippen LogP contribution is 2.44. The van der Waals surface area contributed by atoms with Crippen LogP contribution in [0.4, 0.5) is 13.2 Å². The van der Waals surface area contributed by atoms with Gasteiger partial charge in [0.2, 0.25) is 0 Å². The minimum absolute atomic E-state index is 0.111. The number of ether oxygens (including phenoxy) is 1. The van der Waals surface area contributed by atoms with Gasteiger partial charge in [-0.3, -0.25) is 0 Å². The largest absolute Gasteiger partial charge is 0.428 e. The summed E-state index contributed by atoms with van der Waals surface area (Å²) in [6.45, 7) is 2.31. The summed E-state index contributed by atoms with van der Waals surface area (Å²) in [5.41, 5.74) is 1.20. The summed E-state index contributed by atoms with van der Waals surface area (Å²) in [5.74, 6) is 3.37. The molecule has 1 aromatic rings. The van der Waals surface area contributed by atoms with Crippen molar-refractivity contribution in [2.45, 2.75) is 70.6 Å². The van der Waals surface area contributed by atoms with E-state index in [2.05, 4.69) is 11.7 Å². The van der Waals surface area contributed by atoms with Crippen molar-refractivity contribution in [1.82, 2.24) is 0 Å². The van der Waals surface area contributed by atoms with Crippen LogP contribution in [0.1, 0.15) is 76.2 Å². The number of halogens is 3. The molecule has 1 aromatic carbocycles. The van der Waals surface area contributed by atoms with Crippen molar-refractivity contribution < 1.29 is 17.9 Å². The molecule has 2 saturated carbocycles. The minimum Gasteiger partial charge on any atom is -0.428 e. The Morgan fingerprint density at radius 2 is 1.38 bits per heavy atom. The second-order valence-corrected chi connectivity index (χ2v) is 8.01. The predicted octanol–water partition coefficient (Wildman–Crippen LogP) is 7.59. The lowest BCUT2D eigenvalue weighted by Crippen LogP contribution is -2.25. The first kappa shape index (κ1) is 19.3. The van der Waals surface area contributed by atoms with Crippen molar-refractivity contribution in [3.8, 4) is 5.75 Å².